The molecule has 0 fully saturated rings. The van der Waals surface area contributed by atoms with Crippen LogP contribution < -0.4 is 21.3 Å². The Labute approximate surface area is 222 Å². The molecule has 4 N–H and O–H groups in total. The van der Waals surface area contributed by atoms with Crippen LogP contribution in [0.5, 0.6) is 0 Å². The number of rotatable bonds is 7. The van der Waals surface area contributed by atoms with Gasteiger partial charge >= 0.3 is 0 Å². The fourth-order valence-corrected chi connectivity index (χ4v) is 5.25. The molecule has 0 rings (SSSR count). The fourth-order valence-electron chi connectivity index (χ4n) is 2.16. The smallest absolute Gasteiger partial charge is 0.262 e. The summed E-state index contributed by atoms with van der Waals surface area (Å²) in [6.07, 6.45) is 0. The molecule has 0 spiro atoms. The maximum absolute atomic E-state index is 13.1. The lowest BCUT2D eigenvalue weighted by Gasteiger charge is -2.35. The van der Waals surface area contributed by atoms with E-state index in [-0.39, 0.29) is 0 Å². The van der Waals surface area contributed by atoms with Gasteiger partial charge in [-0.25, -0.2) is 0 Å². The van der Waals surface area contributed by atoms with Gasteiger partial charge in [0.25, 0.3) is 32.0 Å². The number of hydrogen-bond donors (Lipinski definition) is 4. The van der Waals surface area contributed by atoms with Crippen molar-refractivity contribution in [2.24, 2.45) is 0 Å². The summed E-state index contributed by atoms with van der Waals surface area (Å²) in [5, 5.41) is 10.8. The lowest BCUT2D eigenvalue weighted by atomic mass is 10.1. The zero-order valence-electron chi connectivity index (χ0n) is 22.2. The molecule has 12 heteroatoms. The molecule has 0 aromatic carbocycles. The van der Waals surface area contributed by atoms with Gasteiger partial charge in [-0.05, 0) is 105 Å². The van der Waals surface area contributed by atoms with Crippen LogP contribution in [0.1, 0.15) is 83.1 Å². The third-order valence-electron chi connectivity index (χ3n) is 3.39. The van der Waals surface area contributed by atoms with Gasteiger partial charge in [0, 0.05) is 22.2 Å². The topological polar surface area (TPSA) is 116 Å². The number of alkyl halides is 2. The number of amides is 4. The lowest BCUT2D eigenvalue weighted by Crippen LogP contribution is -2.60. The molecule has 0 aliphatic heterocycles. The molecule has 8 nitrogen and oxygen atoms in total. The maximum atomic E-state index is 13.1. The summed E-state index contributed by atoms with van der Waals surface area (Å²) in [6.45, 7) is 20.8. The van der Waals surface area contributed by atoms with E-state index in [1.54, 1.807) is 83.1 Å². The molecule has 0 heterocycles. The van der Waals surface area contributed by atoms with Gasteiger partial charge in [0.2, 0.25) is 0 Å². The molecule has 198 valence electrons. The van der Waals surface area contributed by atoms with E-state index in [0.29, 0.717) is 21.6 Å². The molecule has 0 unspecified atom stereocenters. The van der Waals surface area contributed by atoms with Crippen molar-refractivity contribution >= 4 is 68.4 Å². The van der Waals surface area contributed by atoms with E-state index in [4.69, 9.17) is 23.2 Å². The predicted octanol–water partition coefficient (Wildman–Crippen LogP) is 3.90. The van der Waals surface area contributed by atoms with Crippen LogP contribution >= 0.6 is 44.8 Å². The molecular formula is C22H40Cl2N4O4S2. The molecule has 34 heavy (non-hydrogen) atoms. The van der Waals surface area contributed by atoms with Crippen LogP contribution in [0.15, 0.2) is 0 Å². The minimum atomic E-state index is -2.23. The van der Waals surface area contributed by atoms with Crippen LogP contribution in [0.3, 0.4) is 0 Å². The first-order valence-electron chi connectivity index (χ1n) is 10.8. The van der Waals surface area contributed by atoms with Crippen LogP contribution in [0.25, 0.3) is 0 Å². The normalized spacial score (nSPS) is 13.7. The first kappa shape index (κ1) is 33.2. The largest absolute Gasteiger partial charge is 0.349 e. The minimum Gasteiger partial charge on any atom is -0.349 e. The summed E-state index contributed by atoms with van der Waals surface area (Å²) in [4.78, 5) is 52.6. The predicted molar refractivity (Wildman–Crippen MR) is 144 cm³/mol. The van der Waals surface area contributed by atoms with Gasteiger partial charge in [0.05, 0.1) is 0 Å². The van der Waals surface area contributed by atoms with Crippen molar-refractivity contribution < 1.29 is 19.2 Å². The third kappa shape index (κ3) is 11.3. The second-order valence-electron chi connectivity index (χ2n) is 12.2. The molecule has 0 radical (unpaired) electrons. The Hall–Kier alpha value is -0.840. The molecular weight excluding hydrogens is 519 g/mol. The van der Waals surface area contributed by atoms with Crippen LogP contribution in [-0.2, 0) is 19.2 Å². The van der Waals surface area contributed by atoms with Crippen LogP contribution in [0.2, 0.25) is 0 Å². The second kappa shape index (κ2) is 11.0. The van der Waals surface area contributed by atoms with E-state index in [1.807, 2.05) is 0 Å². The molecule has 0 aliphatic rings. The Morgan fingerprint density at radius 1 is 0.441 bits per heavy atom. The summed E-state index contributed by atoms with van der Waals surface area (Å²) in [7, 11) is 1.08. The van der Waals surface area contributed by atoms with Crippen molar-refractivity contribution in [3.8, 4) is 0 Å². The molecule has 0 bridgehead atoms. The van der Waals surface area contributed by atoms with Gasteiger partial charge in [-0.2, -0.15) is 0 Å². The van der Waals surface area contributed by atoms with E-state index in [0.717, 1.165) is 0 Å². The van der Waals surface area contributed by atoms with Crippen molar-refractivity contribution in [2.75, 3.05) is 0 Å². The number of hydrogen-bond acceptors (Lipinski definition) is 6. The van der Waals surface area contributed by atoms with Crippen molar-refractivity contribution in [1.29, 1.82) is 0 Å². The van der Waals surface area contributed by atoms with Gasteiger partial charge in [-0.15, -0.1) is 0 Å². The average molecular weight is 560 g/mol. The summed E-state index contributed by atoms with van der Waals surface area (Å²) < 4.78 is -4.45. The Morgan fingerprint density at radius 2 is 0.588 bits per heavy atom. The average Bonchev–Trinajstić information content (AvgIpc) is 2.52. The van der Waals surface area contributed by atoms with E-state index in [9.17, 15) is 19.2 Å². The highest BCUT2D eigenvalue weighted by Crippen LogP contribution is 2.49. The lowest BCUT2D eigenvalue weighted by molar-refractivity contribution is -0.133. The van der Waals surface area contributed by atoms with Crippen molar-refractivity contribution in [2.45, 2.75) is 114 Å². The summed E-state index contributed by atoms with van der Waals surface area (Å²) in [5.41, 5.74) is -2.79. The van der Waals surface area contributed by atoms with Crippen LogP contribution in [0.4, 0.5) is 0 Å². The van der Waals surface area contributed by atoms with E-state index < -0.39 is 54.2 Å². The van der Waals surface area contributed by atoms with Crippen LogP contribution in [-0.4, -0.2) is 54.2 Å². The molecule has 0 saturated carbocycles. The number of nitrogens with one attached hydrogen (secondary N) is 4. The summed E-state index contributed by atoms with van der Waals surface area (Å²) in [5.74, 6) is -3.19. The van der Waals surface area contributed by atoms with Gasteiger partial charge in [0.15, 0.2) is 0 Å². The van der Waals surface area contributed by atoms with Crippen molar-refractivity contribution in [3.63, 3.8) is 0 Å². The SMILES string of the molecule is CC(C)(C)NC(=O)C(Cl)(SSC(Cl)(C(=O)NC(C)(C)C)C(=O)NC(C)(C)C)C(=O)NC(C)(C)C. The maximum Gasteiger partial charge on any atom is 0.262 e. The highest BCUT2D eigenvalue weighted by molar-refractivity contribution is 8.79. The summed E-state index contributed by atoms with van der Waals surface area (Å²) in [6, 6.07) is 0. The van der Waals surface area contributed by atoms with Gasteiger partial charge in [-0.1, -0.05) is 23.2 Å². The molecule has 0 aliphatic carbocycles. The van der Waals surface area contributed by atoms with E-state index >= 15 is 0 Å². The van der Waals surface area contributed by atoms with Gasteiger partial charge < -0.3 is 21.3 Å². The minimum absolute atomic E-state index is 0.541. The molecule has 0 saturated heterocycles. The first-order valence-corrected chi connectivity index (χ1v) is 13.7. The van der Waals surface area contributed by atoms with Crippen molar-refractivity contribution in [1.82, 2.24) is 21.3 Å². The molecule has 0 aromatic heterocycles. The standard InChI is InChI=1S/C22H40Cl2N4O4S2/c1-17(2,3)25-13(29)21(23,14(30)26-18(4,5)6)33-34-22(24,15(31)27-19(7,8)9)16(32)28-20(10,11)12/h1-12H3,(H,25,29)(H,26,30)(H,27,31)(H,28,32). The highest BCUT2D eigenvalue weighted by atomic mass is 35.5. The second-order valence-corrected chi connectivity index (χ2v) is 16.3. The quantitative estimate of drug-likeness (QED) is 0.214. The zero-order valence-corrected chi connectivity index (χ0v) is 25.4. The molecule has 4 amide bonds. The number of carbonyl (C=O) groups excluding carboxylic acids is 4. The molecule has 0 aromatic rings. The Kier molecular flexibility index (Phi) is 10.8. The number of carbonyl (C=O) groups is 4. The number of halogens is 2. The Bertz CT molecular complexity index is 673. The highest BCUT2D eigenvalue weighted by Gasteiger charge is 2.54. The molecule has 0 atom stereocenters. The van der Waals surface area contributed by atoms with Crippen LogP contribution in [0, 0.1) is 0 Å². The van der Waals surface area contributed by atoms with E-state index in [1.165, 1.54) is 0 Å². The third-order valence-corrected chi connectivity index (χ3v) is 8.13. The van der Waals surface area contributed by atoms with Gasteiger partial charge in [-0.3, -0.25) is 19.2 Å². The monoisotopic (exact) mass is 558 g/mol. The van der Waals surface area contributed by atoms with Gasteiger partial charge in [0.1, 0.15) is 0 Å². The first-order chi connectivity index (χ1) is 14.7. The summed E-state index contributed by atoms with van der Waals surface area (Å²) >= 11 is 13.3. The fraction of sp³-hybridized carbons (Fsp3) is 0.818. The van der Waals surface area contributed by atoms with E-state index in [2.05, 4.69) is 21.3 Å². The van der Waals surface area contributed by atoms with Crippen molar-refractivity contribution in [3.05, 3.63) is 0 Å². The Balaban J connectivity index is 6.33. The Morgan fingerprint density at radius 3 is 0.706 bits per heavy atom. The zero-order chi connectivity index (χ0) is 27.6.